The maximum atomic E-state index is 12.9. The molecule has 0 saturated carbocycles. The summed E-state index contributed by atoms with van der Waals surface area (Å²) in [5.41, 5.74) is 1.73. The first-order valence-corrected chi connectivity index (χ1v) is 6.42. The predicted octanol–water partition coefficient (Wildman–Crippen LogP) is 2.91. The Balaban J connectivity index is 1.74. The van der Waals surface area contributed by atoms with Crippen LogP contribution in [0.1, 0.15) is 5.89 Å². The second kappa shape index (κ2) is 5.70. The molecule has 2 heterocycles. The Morgan fingerprint density at radius 2 is 1.81 bits per heavy atom. The van der Waals surface area contributed by atoms with Crippen LogP contribution < -0.4 is 4.90 Å². The number of anilines is 1. The van der Waals surface area contributed by atoms with Crippen molar-refractivity contribution in [3.8, 4) is 11.4 Å². The lowest BCUT2D eigenvalue weighted by Crippen LogP contribution is -2.16. The van der Waals surface area contributed by atoms with Crippen molar-refractivity contribution in [1.82, 2.24) is 15.1 Å². The van der Waals surface area contributed by atoms with Gasteiger partial charge in [0.25, 0.3) is 0 Å². The molecule has 0 fully saturated rings. The van der Waals surface area contributed by atoms with Crippen LogP contribution in [0.5, 0.6) is 0 Å². The average Bonchev–Trinajstić information content (AvgIpc) is 2.97. The van der Waals surface area contributed by atoms with E-state index < -0.39 is 0 Å². The van der Waals surface area contributed by atoms with Crippen LogP contribution in [0.3, 0.4) is 0 Å². The Hall–Kier alpha value is -2.76. The third-order valence-corrected chi connectivity index (χ3v) is 3.05. The molecule has 0 radical (unpaired) electrons. The lowest BCUT2D eigenvalue weighted by molar-refractivity contribution is 0.378. The number of aromatic nitrogens is 3. The van der Waals surface area contributed by atoms with Gasteiger partial charge in [0.1, 0.15) is 5.82 Å². The first kappa shape index (κ1) is 13.2. The molecule has 2 aromatic heterocycles. The smallest absolute Gasteiger partial charge is 0.246 e. The van der Waals surface area contributed by atoms with Crippen molar-refractivity contribution in [2.45, 2.75) is 6.54 Å². The topological polar surface area (TPSA) is 55.1 Å². The Morgan fingerprint density at radius 3 is 2.52 bits per heavy atom. The van der Waals surface area contributed by atoms with E-state index in [1.165, 1.54) is 12.1 Å². The molecule has 0 N–H and O–H groups in total. The molecular weight excluding hydrogens is 271 g/mol. The Bertz CT molecular complexity index is 712. The highest BCUT2D eigenvalue weighted by atomic mass is 19.1. The van der Waals surface area contributed by atoms with Crippen molar-refractivity contribution in [1.29, 1.82) is 0 Å². The molecule has 21 heavy (non-hydrogen) atoms. The third-order valence-electron chi connectivity index (χ3n) is 3.05. The zero-order chi connectivity index (χ0) is 14.7. The lowest BCUT2D eigenvalue weighted by Gasteiger charge is -2.16. The third kappa shape index (κ3) is 3.05. The number of rotatable bonds is 4. The summed E-state index contributed by atoms with van der Waals surface area (Å²) in [7, 11) is 1.88. The SMILES string of the molecule is CN(Cc1nc(-c2ccncc2)no1)c1ccc(F)cc1. The molecule has 0 saturated heterocycles. The molecule has 0 spiro atoms. The minimum atomic E-state index is -0.259. The number of nitrogens with zero attached hydrogens (tertiary/aromatic N) is 4. The largest absolute Gasteiger partial charge is 0.365 e. The summed E-state index contributed by atoms with van der Waals surface area (Å²) in [4.78, 5) is 10.2. The standard InChI is InChI=1S/C15H13FN4O/c1-20(13-4-2-12(16)3-5-13)10-14-18-15(19-21-14)11-6-8-17-9-7-11/h2-9H,10H2,1H3. The Kier molecular flexibility index (Phi) is 3.59. The van der Waals surface area contributed by atoms with Gasteiger partial charge in [-0.15, -0.1) is 0 Å². The van der Waals surface area contributed by atoms with Crippen LogP contribution in [0.25, 0.3) is 11.4 Å². The van der Waals surface area contributed by atoms with Crippen molar-refractivity contribution in [3.05, 3.63) is 60.5 Å². The maximum absolute atomic E-state index is 12.9. The second-order valence-corrected chi connectivity index (χ2v) is 4.58. The van der Waals surface area contributed by atoms with Crippen molar-refractivity contribution in [3.63, 3.8) is 0 Å². The van der Waals surface area contributed by atoms with E-state index in [1.54, 1.807) is 24.5 Å². The molecule has 6 heteroatoms. The predicted molar refractivity (Wildman–Crippen MR) is 76.0 cm³/mol. The molecule has 0 aliphatic heterocycles. The summed E-state index contributed by atoms with van der Waals surface area (Å²) >= 11 is 0. The van der Waals surface area contributed by atoms with Crippen LogP contribution in [0.2, 0.25) is 0 Å². The van der Waals surface area contributed by atoms with Gasteiger partial charge < -0.3 is 9.42 Å². The van der Waals surface area contributed by atoms with Crippen LogP contribution in [-0.4, -0.2) is 22.2 Å². The number of benzene rings is 1. The molecule has 3 rings (SSSR count). The summed E-state index contributed by atoms with van der Waals surface area (Å²) in [5.74, 6) is 0.762. The monoisotopic (exact) mass is 284 g/mol. The van der Waals surface area contributed by atoms with Gasteiger partial charge in [-0.05, 0) is 36.4 Å². The first-order valence-electron chi connectivity index (χ1n) is 6.42. The van der Waals surface area contributed by atoms with E-state index in [1.807, 2.05) is 24.1 Å². The normalized spacial score (nSPS) is 10.6. The van der Waals surface area contributed by atoms with E-state index in [0.717, 1.165) is 11.3 Å². The number of hydrogen-bond acceptors (Lipinski definition) is 5. The second-order valence-electron chi connectivity index (χ2n) is 4.58. The zero-order valence-corrected chi connectivity index (χ0v) is 11.4. The Labute approximate surface area is 121 Å². The molecule has 0 bridgehead atoms. The lowest BCUT2D eigenvalue weighted by atomic mass is 10.2. The van der Waals surface area contributed by atoms with E-state index >= 15 is 0 Å². The number of hydrogen-bond donors (Lipinski definition) is 0. The summed E-state index contributed by atoms with van der Waals surface area (Å²) in [5, 5.41) is 3.95. The number of pyridine rings is 1. The highest BCUT2D eigenvalue weighted by Crippen LogP contribution is 2.18. The molecular formula is C15H13FN4O. The van der Waals surface area contributed by atoms with Crippen LogP contribution in [0, 0.1) is 5.82 Å². The fourth-order valence-electron chi connectivity index (χ4n) is 1.93. The fourth-order valence-corrected chi connectivity index (χ4v) is 1.93. The zero-order valence-electron chi connectivity index (χ0n) is 11.4. The summed E-state index contributed by atoms with van der Waals surface area (Å²) in [6.07, 6.45) is 3.35. The first-order chi connectivity index (χ1) is 10.2. The highest BCUT2D eigenvalue weighted by molar-refractivity contribution is 5.52. The Morgan fingerprint density at radius 1 is 1.10 bits per heavy atom. The van der Waals surface area contributed by atoms with Crippen LogP contribution in [0.15, 0.2) is 53.3 Å². The minimum Gasteiger partial charge on any atom is -0.365 e. The molecule has 0 aliphatic carbocycles. The molecule has 3 aromatic rings. The summed E-state index contributed by atoms with van der Waals surface area (Å²) < 4.78 is 18.1. The van der Waals surface area contributed by atoms with Crippen LogP contribution in [-0.2, 0) is 6.54 Å². The highest BCUT2D eigenvalue weighted by Gasteiger charge is 2.11. The van der Waals surface area contributed by atoms with E-state index in [4.69, 9.17) is 4.52 Å². The van der Waals surface area contributed by atoms with Gasteiger partial charge in [0, 0.05) is 30.7 Å². The van der Waals surface area contributed by atoms with Gasteiger partial charge in [0.05, 0.1) is 6.54 Å². The molecule has 0 aliphatic rings. The molecule has 0 atom stereocenters. The maximum Gasteiger partial charge on any atom is 0.246 e. The van der Waals surface area contributed by atoms with Crippen molar-refractivity contribution in [2.24, 2.45) is 0 Å². The molecule has 1 aromatic carbocycles. The number of halogens is 1. The van der Waals surface area contributed by atoms with Gasteiger partial charge in [-0.2, -0.15) is 4.98 Å². The fraction of sp³-hybridized carbons (Fsp3) is 0.133. The van der Waals surface area contributed by atoms with Crippen LogP contribution in [0.4, 0.5) is 10.1 Å². The van der Waals surface area contributed by atoms with E-state index in [0.29, 0.717) is 18.3 Å². The van der Waals surface area contributed by atoms with Crippen LogP contribution >= 0.6 is 0 Å². The van der Waals surface area contributed by atoms with Gasteiger partial charge in [-0.25, -0.2) is 4.39 Å². The minimum absolute atomic E-state index is 0.259. The van der Waals surface area contributed by atoms with Gasteiger partial charge >= 0.3 is 0 Å². The molecule has 0 amide bonds. The summed E-state index contributed by atoms with van der Waals surface area (Å²) in [6.45, 7) is 0.448. The van der Waals surface area contributed by atoms with E-state index in [9.17, 15) is 4.39 Å². The molecule has 5 nitrogen and oxygen atoms in total. The van der Waals surface area contributed by atoms with Crippen molar-refractivity contribution in [2.75, 3.05) is 11.9 Å². The van der Waals surface area contributed by atoms with Crippen molar-refractivity contribution >= 4 is 5.69 Å². The van der Waals surface area contributed by atoms with E-state index in [2.05, 4.69) is 15.1 Å². The average molecular weight is 284 g/mol. The van der Waals surface area contributed by atoms with Gasteiger partial charge in [-0.3, -0.25) is 4.98 Å². The molecule has 106 valence electrons. The van der Waals surface area contributed by atoms with Gasteiger partial charge in [0.2, 0.25) is 11.7 Å². The summed E-state index contributed by atoms with van der Waals surface area (Å²) in [6, 6.07) is 9.88. The van der Waals surface area contributed by atoms with Gasteiger partial charge in [0.15, 0.2) is 0 Å². The van der Waals surface area contributed by atoms with Gasteiger partial charge in [-0.1, -0.05) is 5.16 Å². The van der Waals surface area contributed by atoms with E-state index in [-0.39, 0.29) is 5.82 Å². The quantitative estimate of drug-likeness (QED) is 0.737. The molecule has 0 unspecified atom stereocenters. The van der Waals surface area contributed by atoms with Crippen molar-refractivity contribution < 1.29 is 8.91 Å².